The molecule has 17 heavy (non-hydrogen) atoms. The number of nitrogens with zero attached hydrogens (tertiary/aromatic N) is 3. The smallest absolute Gasteiger partial charge is 0.323 e. The van der Waals surface area contributed by atoms with Gasteiger partial charge in [-0.2, -0.15) is 15.0 Å². The van der Waals surface area contributed by atoms with Gasteiger partial charge in [-0.05, 0) is 25.7 Å². The first kappa shape index (κ1) is 11.9. The summed E-state index contributed by atoms with van der Waals surface area (Å²) in [7, 11) is 1.78. The molecule has 1 heterocycles. The van der Waals surface area contributed by atoms with Gasteiger partial charge in [0.05, 0.1) is 6.61 Å². The number of rotatable bonds is 6. The molecule has 1 aliphatic carbocycles. The third-order valence-electron chi connectivity index (χ3n) is 2.71. The van der Waals surface area contributed by atoms with E-state index in [4.69, 9.17) is 4.74 Å². The summed E-state index contributed by atoms with van der Waals surface area (Å²) >= 11 is 0. The van der Waals surface area contributed by atoms with Crippen LogP contribution in [-0.4, -0.2) is 34.6 Å². The molecule has 0 atom stereocenters. The van der Waals surface area contributed by atoms with Crippen molar-refractivity contribution in [3.8, 4) is 6.01 Å². The van der Waals surface area contributed by atoms with Crippen LogP contribution >= 0.6 is 0 Å². The number of ether oxygens (including phenoxy) is 1. The quantitative estimate of drug-likeness (QED) is 0.784. The highest BCUT2D eigenvalue weighted by Gasteiger charge is 2.18. The van der Waals surface area contributed by atoms with Crippen LogP contribution in [0, 0.1) is 0 Å². The Morgan fingerprint density at radius 2 is 2.00 bits per heavy atom. The molecule has 0 saturated heterocycles. The molecule has 2 rings (SSSR count). The minimum atomic E-state index is 0.382. The van der Waals surface area contributed by atoms with E-state index in [0.717, 1.165) is 6.42 Å². The zero-order valence-electron chi connectivity index (χ0n) is 10.4. The molecule has 1 fully saturated rings. The van der Waals surface area contributed by atoms with Gasteiger partial charge in [-0.25, -0.2) is 0 Å². The van der Waals surface area contributed by atoms with E-state index < -0.39 is 0 Å². The maximum absolute atomic E-state index is 5.43. The van der Waals surface area contributed by atoms with Crippen LogP contribution in [0.1, 0.15) is 32.6 Å². The second-order valence-corrected chi connectivity index (χ2v) is 4.14. The highest BCUT2D eigenvalue weighted by Crippen LogP contribution is 2.22. The van der Waals surface area contributed by atoms with Gasteiger partial charge < -0.3 is 15.4 Å². The molecule has 0 aromatic carbocycles. The molecular formula is C11H19N5O. The van der Waals surface area contributed by atoms with E-state index in [1.807, 2.05) is 6.92 Å². The molecule has 0 amide bonds. The molecule has 0 spiro atoms. The minimum absolute atomic E-state index is 0.382. The Labute approximate surface area is 101 Å². The Morgan fingerprint density at radius 1 is 1.24 bits per heavy atom. The molecule has 0 radical (unpaired) electrons. The molecule has 94 valence electrons. The van der Waals surface area contributed by atoms with E-state index in [-0.39, 0.29) is 0 Å². The lowest BCUT2D eigenvalue weighted by atomic mass is 9.93. The normalized spacial score (nSPS) is 15.2. The Hall–Kier alpha value is -1.59. The maximum atomic E-state index is 5.43. The third-order valence-corrected chi connectivity index (χ3v) is 2.71. The average molecular weight is 237 g/mol. The van der Waals surface area contributed by atoms with Crippen molar-refractivity contribution in [2.24, 2.45) is 0 Å². The molecular weight excluding hydrogens is 218 g/mol. The summed E-state index contributed by atoms with van der Waals surface area (Å²) in [6.45, 7) is 2.67. The van der Waals surface area contributed by atoms with E-state index >= 15 is 0 Å². The Bertz CT molecular complexity index is 367. The van der Waals surface area contributed by atoms with Crippen LogP contribution in [0.15, 0.2) is 0 Å². The molecule has 0 unspecified atom stereocenters. The van der Waals surface area contributed by atoms with Gasteiger partial charge in [-0.1, -0.05) is 6.92 Å². The SMILES string of the molecule is CCCOc1nc(NC)nc(NC2CCC2)n1. The van der Waals surface area contributed by atoms with Gasteiger partial charge in [-0.3, -0.25) is 0 Å². The van der Waals surface area contributed by atoms with Gasteiger partial charge in [0.2, 0.25) is 11.9 Å². The topological polar surface area (TPSA) is 72.0 Å². The molecule has 1 aromatic heterocycles. The van der Waals surface area contributed by atoms with E-state index in [0.29, 0.717) is 30.6 Å². The Balaban J connectivity index is 2.06. The van der Waals surface area contributed by atoms with Crippen molar-refractivity contribution in [3.05, 3.63) is 0 Å². The number of hydrogen-bond acceptors (Lipinski definition) is 6. The summed E-state index contributed by atoms with van der Waals surface area (Å²) in [5, 5.41) is 6.20. The van der Waals surface area contributed by atoms with E-state index in [2.05, 4.69) is 25.6 Å². The average Bonchev–Trinajstić information content (AvgIpc) is 2.31. The van der Waals surface area contributed by atoms with Crippen LogP contribution in [0.4, 0.5) is 11.9 Å². The molecule has 1 aromatic rings. The van der Waals surface area contributed by atoms with Crippen LogP contribution in [0.25, 0.3) is 0 Å². The van der Waals surface area contributed by atoms with Crippen molar-refractivity contribution < 1.29 is 4.74 Å². The molecule has 6 nitrogen and oxygen atoms in total. The lowest BCUT2D eigenvalue weighted by Crippen LogP contribution is -2.28. The summed E-state index contributed by atoms with van der Waals surface area (Å²) in [6.07, 6.45) is 4.59. The van der Waals surface area contributed by atoms with Crippen molar-refractivity contribution >= 4 is 11.9 Å². The van der Waals surface area contributed by atoms with Crippen LogP contribution < -0.4 is 15.4 Å². The second-order valence-electron chi connectivity index (χ2n) is 4.14. The first-order valence-electron chi connectivity index (χ1n) is 6.15. The molecule has 2 N–H and O–H groups in total. The fraction of sp³-hybridized carbons (Fsp3) is 0.727. The molecule has 6 heteroatoms. The van der Waals surface area contributed by atoms with Gasteiger partial charge in [0, 0.05) is 13.1 Å². The Kier molecular flexibility index (Phi) is 3.95. The molecule has 0 bridgehead atoms. The highest BCUT2D eigenvalue weighted by atomic mass is 16.5. The lowest BCUT2D eigenvalue weighted by molar-refractivity contribution is 0.292. The van der Waals surface area contributed by atoms with E-state index in [1.165, 1.54) is 19.3 Å². The molecule has 1 aliphatic rings. The van der Waals surface area contributed by atoms with Crippen molar-refractivity contribution in [3.63, 3.8) is 0 Å². The van der Waals surface area contributed by atoms with Gasteiger partial charge in [0.25, 0.3) is 0 Å². The van der Waals surface area contributed by atoms with Crippen molar-refractivity contribution in [1.82, 2.24) is 15.0 Å². The van der Waals surface area contributed by atoms with Crippen LogP contribution in [0.3, 0.4) is 0 Å². The molecule has 1 saturated carbocycles. The number of anilines is 2. The zero-order chi connectivity index (χ0) is 12.1. The fourth-order valence-corrected chi connectivity index (χ4v) is 1.53. The molecule has 0 aliphatic heterocycles. The summed E-state index contributed by atoms with van der Waals surface area (Å²) < 4.78 is 5.43. The van der Waals surface area contributed by atoms with Gasteiger partial charge in [-0.15, -0.1) is 0 Å². The first-order valence-corrected chi connectivity index (χ1v) is 6.15. The largest absolute Gasteiger partial charge is 0.463 e. The Morgan fingerprint density at radius 3 is 2.59 bits per heavy atom. The van der Waals surface area contributed by atoms with Crippen molar-refractivity contribution in [2.75, 3.05) is 24.3 Å². The lowest BCUT2D eigenvalue weighted by Gasteiger charge is -2.26. The number of hydrogen-bond donors (Lipinski definition) is 2. The number of aromatic nitrogens is 3. The standard InChI is InChI=1S/C11H19N5O/c1-3-7-17-11-15-9(12-2)14-10(16-11)13-8-5-4-6-8/h8H,3-7H2,1-2H3,(H2,12,13,14,15,16). The monoisotopic (exact) mass is 237 g/mol. The van der Waals surface area contributed by atoms with E-state index in [9.17, 15) is 0 Å². The summed E-state index contributed by atoms with van der Waals surface area (Å²) in [5.41, 5.74) is 0. The summed E-state index contributed by atoms with van der Waals surface area (Å²) in [6, 6.07) is 0.883. The minimum Gasteiger partial charge on any atom is -0.463 e. The zero-order valence-corrected chi connectivity index (χ0v) is 10.4. The highest BCUT2D eigenvalue weighted by molar-refractivity contribution is 5.36. The van der Waals surface area contributed by atoms with E-state index in [1.54, 1.807) is 7.05 Å². The van der Waals surface area contributed by atoms with Crippen LogP contribution in [0.2, 0.25) is 0 Å². The van der Waals surface area contributed by atoms with Crippen LogP contribution in [-0.2, 0) is 0 Å². The summed E-state index contributed by atoms with van der Waals surface area (Å²) in [4.78, 5) is 12.6. The second kappa shape index (κ2) is 5.65. The maximum Gasteiger partial charge on any atom is 0.323 e. The van der Waals surface area contributed by atoms with Crippen LogP contribution in [0.5, 0.6) is 6.01 Å². The fourth-order valence-electron chi connectivity index (χ4n) is 1.53. The van der Waals surface area contributed by atoms with Gasteiger partial charge in [0.1, 0.15) is 0 Å². The predicted octanol–water partition coefficient (Wildman–Crippen LogP) is 1.67. The van der Waals surface area contributed by atoms with Crippen molar-refractivity contribution in [1.29, 1.82) is 0 Å². The van der Waals surface area contributed by atoms with Gasteiger partial charge in [0.15, 0.2) is 0 Å². The van der Waals surface area contributed by atoms with Gasteiger partial charge >= 0.3 is 6.01 Å². The first-order chi connectivity index (χ1) is 8.31. The third kappa shape index (κ3) is 3.18. The predicted molar refractivity (Wildman–Crippen MR) is 66.4 cm³/mol. The number of nitrogens with one attached hydrogen (secondary N) is 2. The summed E-state index contributed by atoms with van der Waals surface area (Å²) in [5.74, 6) is 1.13. The van der Waals surface area contributed by atoms with Crippen molar-refractivity contribution in [2.45, 2.75) is 38.6 Å².